The lowest BCUT2D eigenvalue weighted by Crippen LogP contribution is -2.13. The lowest BCUT2D eigenvalue weighted by Gasteiger charge is -2.05. The number of carbonyl (C=O) groups is 2. The zero-order valence-electron chi connectivity index (χ0n) is 6.63. The Hall–Kier alpha value is -1.18. The third-order valence-electron chi connectivity index (χ3n) is 1.76. The van der Waals surface area contributed by atoms with Crippen LogP contribution < -0.4 is 0 Å². The molecule has 1 unspecified atom stereocenters. The van der Waals surface area contributed by atoms with Gasteiger partial charge in [-0.05, 0) is 13.8 Å². The Morgan fingerprint density at radius 1 is 1.36 bits per heavy atom. The van der Waals surface area contributed by atoms with Crippen molar-refractivity contribution in [3.63, 3.8) is 0 Å². The Morgan fingerprint density at radius 2 is 2.00 bits per heavy atom. The molecule has 0 heterocycles. The van der Waals surface area contributed by atoms with E-state index in [1.807, 2.05) is 0 Å². The second-order valence-corrected chi connectivity index (χ2v) is 2.65. The Bertz CT molecular complexity index is 259. The van der Waals surface area contributed by atoms with E-state index in [-0.39, 0.29) is 17.5 Å². The highest BCUT2D eigenvalue weighted by atomic mass is 16.1. The minimum Gasteiger partial charge on any atom is -0.299 e. The van der Waals surface area contributed by atoms with Crippen LogP contribution in [0.25, 0.3) is 0 Å². The fraction of sp³-hybridized carbons (Fsp3) is 0.333. The fourth-order valence-electron chi connectivity index (χ4n) is 1.17. The molecule has 2 nitrogen and oxygen atoms in total. The molecule has 0 fully saturated rings. The first kappa shape index (κ1) is 7.92. The van der Waals surface area contributed by atoms with Crippen molar-refractivity contribution >= 4 is 11.6 Å². The van der Waals surface area contributed by atoms with Crippen molar-refractivity contribution < 1.29 is 9.59 Å². The van der Waals surface area contributed by atoms with Crippen LogP contribution in [0.1, 0.15) is 13.8 Å². The molecule has 0 amide bonds. The quantitative estimate of drug-likeness (QED) is 0.594. The van der Waals surface area contributed by atoms with E-state index < -0.39 is 0 Å². The zero-order valence-corrected chi connectivity index (χ0v) is 6.63. The number of rotatable bonds is 2. The van der Waals surface area contributed by atoms with E-state index in [9.17, 15) is 9.59 Å². The van der Waals surface area contributed by atoms with Gasteiger partial charge >= 0.3 is 0 Å². The summed E-state index contributed by atoms with van der Waals surface area (Å²) in [4.78, 5) is 21.8. The lowest BCUT2D eigenvalue weighted by atomic mass is 9.96. The molecule has 1 rings (SSSR count). The molecular formula is C9H10O2. The van der Waals surface area contributed by atoms with Crippen molar-refractivity contribution in [3.8, 4) is 0 Å². The van der Waals surface area contributed by atoms with Gasteiger partial charge in [0, 0.05) is 5.57 Å². The maximum Gasteiger partial charge on any atom is 0.156 e. The molecule has 1 aliphatic carbocycles. The van der Waals surface area contributed by atoms with Crippen LogP contribution in [0, 0.1) is 5.92 Å². The van der Waals surface area contributed by atoms with Crippen LogP contribution in [0.15, 0.2) is 23.8 Å². The molecule has 0 aromatic heterocycles. The molecule has 0 spiro atoms. The van der Waals surface area contributed by atoms with Gasteiger partial charge < -0.3 is 0 Å². The Labute approximate surface area is 65.6 Å². The van der Waals surface area contributed by atoms with Crippen molar-refractivity contribution in [2.24, 2.45) is 5.92 Å². The first-order chi connectivity index (χ1) is 5.13. The molecule has 1 aliphatic rings. The second kappa shape index (κ2) is 2.82. The summed E-state index contributed by atoms with van der Waals surface area (Å²) in [6.07, 6.45) is 5.20. The largest absolute Gasteiger partial charge is 0.299 e. The Morgan fingerprint density at radius 3 is 2.36 bits per heavy atom. The maximum atomic E-state index is 10.9. The summed E-state index contributed by atoms with van der Waals surface area (Å²) in [6, 6.07) is 0. The van der Waals surface area contributed by atoms with Gasteiger partial charge in [0.15, 0.2) is 5.78 Å². The third kappa shape index (κ3) is 1.45. The highest BCUT2D eigenvalue weighted by Gasteiger charge is 2.21. The highest BCUT2D eigenvalue weighted by molar-refractivity contribution is 6.02. The number of ketones is 2. The van der Waals surface area contributed by atoms with Crippen LogP contribution in [0.5, 0.6) is 0 Å². The number of Topliss-reactive ketones (excluding diaryl/α,β-unsaturated/α-hetero) is 2. The fourth-order valence-corrected chi connectivity index (χ4v) is 1.17. The first-order valence-electron chi connectivity index (χ1n) is 3.52. The predicted molar refractivity (Wildman–Crippen MR) is 42.1 cm³/mol. The summed E-state index contributed by atoms with van der Waals surface area (Å²) >= 11 is 0. The monoisotopic (exact) mass is 150 g/mol. The summed E-state index contributed by atoms with van der Waals surface area (Å²) in [5, 5.41) is 0. The van der Waals surface area contributed by atoms with Gasteiger partial charge in [-0.3, -0.25) is 9.59 Å². The molecule has 0 aliphatic heterocycles. The van der Waals surface area contributed by atoms with Gasteiger partial charge in [-0.1, -0.05) is 18.2 Å². The molecule has 0 N–H and O–H groups in total. The second-order valence-electron chi connectivity index (χ2n) is 2.65. The number of hydrogen-bond donors (Lipinski definition) is 0. The van der Waals surface area contributed by atoms with Crippen LogP contribution in [0.3, 0.4) is 0 Å². The average molecular weight is 150 g/mol. The molecule has 0 aromatic rings. The van der Waals surface area contributed by atoms with Gasteiger partial charge in [0.1, 0.15) is 5.78 Å². The molecule has 2 heteroatoms. The van der Waals surface area contributed by atoms with Crippen LogP contribution in [-0.2, 0) is 9.59 Å². The molecule has 1 atom stereocenters. The third-order valence-corrected chi connectivity index (χ3v) is 1.76. The number of hydrogen-bond acceptors (Lipinski definition) is 2. The minimum absolute atomic E-state index is 0.0183. The average Bonchev–Trinajstić information content (AvgIpc) is 2.32. The molecule has 0 saturated heterocycles. The molecule has 0 aromatic carbocycles. The lowest BCUT2D eigenvalue weighted by molar-refractivity contribution is -0.121. The van der Waals surface area contributed by atoms with Gasteiger partial charge in [-0.25, -0.2) is 0 Å². The van der Waals surface area contributed by atoms with E-state index in [4.69, 9.17) is 0 Å². The molecule has 11 heavy (non-hydrogen) atoms. The smallest absolute Gasteiger partial charge is 0.156 e. The molecule has 58 valence electrons. The van der Waals surface area contributed by atoms with E-state index in [0.29, 0.717) is 5.57 Å². The van der Waals surface area contributed by atoms with Crippen molar-refractivity contribution in [1.29, 1.82) is 0 Å². The SMILES string of the molecule is CC(=O)C1=CC=CC1C(C)=O. The van der Waals surface area contributed by atoms with E-state index in [1.54, 1.807) is 18.2 Å². The van der Waals surface area contributed by atoms with Crippen LogP contribution in [0.4, 0.5) is 0 Å². The van der Waals surface area contributed by atoms with Gasteiger partial charge in [0.2, 0.25) is 0 Å². The summed E-state index contributed by atoms with van der Waals surface area (Å²) in [7, 11) is 0. The zero-order chi connectivity index (χ0) is 8.43. The normalized spacial score (nSPS) is 21.6. The predicted octanol–water partition coefficient (Wildman–Crippen LogP) is 1.28. The molecular weight excluding hydrogens is 140 g/mol. The van der Waals surface area contributed by atoms with E-state index >= 15 is 0 Å². The summed E-state index contributed by atoms with van der Waals surface area (Å²) in [5.74, 6) is -0.275. The van der Waals surface area contributed by atoms with Gasteiger partial charge in [0.05, 0.1) is 5.92 Å². The molecule has 0 bridgehead atoms. The number of allylic oxidation sites excluding steroid dienone is 4. The van der Waals surface area contributed by atoms with Crippen LogP contribution in [-0.4, -0.2) is 11.6 Å². The van der Waals surface area contributed by atoms with Gasteiger partial charge in [0.25, 0.3) is 0 Å². The van der Waals surface area contributed by atoms with Crippen LogP contribution in [0.2, 0.25) is 0 Å². The topological polar surface area (TPSA) is 34.1 Å². The summed E-state index contributed by atoms with van der Waals surface area (Å²) in [5.41, 5.74) is 0.609. The molecule has 0 saturated carbocycles. The maximum absolute atomic E-state index is 10.9. The number of carbonyl (C=O) groups excluding carboxylic acids is 2. The van der Waals surface area contributed by atoms with E-state index in [1.165, 1.54) is 13.8 Å². The van der Waals surface area contributed by atoms with Gasteiger partial charge in [-0.15, -0.1) is 0 Å². The molecule has 0 radical (unpaired) electrons. The van der Waals surface area contributed by atoms with Crippen molar-refractivity contribution in [2.75, 3.05) is 0 Å². The summed E-state index contributed by atoms with van der Waals surface area (Å²) in [6.45, 7) is 2.98. The Kier molecular flexibility index (Phi) is 2.03. The van der Waals surface area contributed by atoms with Crippen molar-refractivity contribution in [1.82, 2.24) is 0 Å². The van der Waals surface area contributed by atoms with Gasteiger partial charge in [-0.2, -0.15) is 0 Å². The van der Waals surface area contributed by atoms with Crippen molar-refractivity contribution in [2.45, 2.75) is 13.8 Å². The van der Waals surface area contributed by atoms with Crippen molar-refractivity contribution in [3.05, 3.63) is 23.8 Å². The summed E-state index contributed by atoms with van der Waals surface area (Å²) < 4.78 is 0. The Balaban J connectivity index is 2.85. The van der Waals surface area contributed by atoms with Crippen LogP contribution >= 0.6 is 0 Å². The first-order valence-corrected chi connectivity index (χ1v) is 3.52. The van der Waals surface area contributed by atoms with E-state index in [2.05, 4.69) is 0 Å². The highest BCUT2D eigenvalue weighted by Crippen LogP contribution is 2.20. The van der Waals surface area contributed by atoms with E-state index in [0.717, 1.165) is 0 Å². The minimum atomic E-state index is -0.285. The standard InChI is InChI=1S/C9H10O2/c1-6(10)8-4-3-5-9(8)7(2)11/h3-5,8H,1-2H3.